The Morgan fingerprint density at radius 3 is 2.20 bits per heavy atom. The Bertz CT molecular complexity index is 317. The third-order valence-electron chi connectivity index (χ3n) is 2.68. The zero-order chi connectivity index (χ0) is 11.6. The number of hydrogen-bond acceptors (Lipinski definition) is 3. The van der Waals surface area contributed by atoms with Gasteiger partial charge in [-0.1, -0.05) is 27.7 Å². The van der Waals surface area contributed by atoms with Gasteiger partial charge < -0.3 is 5.11 Å². The highest BCUT2D eigenvalue weighted by molar-refractivity contribution is 7.11. The molecule has 0 aliphatic carbocycles. The summed E-state index contributed by atoms with van der Waals surface area (Å²) in [5, 5.41) is 10.6. The van der Waals surface area contributed by atoms with Crippen LogP contribution >= 0.6 is 11.3 Å². The van der Waals surface area contributed by atoms with E-state index in [0.29, 0.717) is 11.8 Å². The molecule has 0 radical (unpaired) electrons. The van der Waals surface area contributed by atoms with E-state index in [1.54, 1.807) is 11.3 Å². The molecule has 2 nitrogen and oxygen atoms in total. The highest BCUT2D eigenvalue weighted by Gasteiger charge is 2.21. The Balaban J connectivity index is 3.02. The van der Waals surface area contributed by atoms with Crippen LogP contribution in [0.2, 0.25) is 0 Å². The van der Waals surface area contributed by atoms with Crippen LogP contribution in [0.25, 0.3) is 0 Å². The van der Waals surface area contributed by atoms with Gasteiger partial charge >= 0.3 is 0 Å². The second-order valence-electron chi connectivity index (χ2n) is 4.69. The lowest BCUT2D eigenvalue weighted by Gasteiger charge is -2.16. The van der Waals surface area contributed by atoms with E-state index in [4.69, 9.17) is 0 Å². The topological polar surface area (TPSA) is 33.1 Å². The molecule has 1 aromatic heterocycles. The summed E-state index contributed by atoms with van der Waals surface area (Å²) in [6.45, 7) is 10.9. The van der Waals surface area contributed by atoms with Crippen LogP contribution in [-0.2, 0) is 0 Å². The molecule has 3 heteroatoms. The summed E-state index contributed by atoms with van der Waals surface area (Å²) in [6.07, 6.45) is 0. The molecule has 1 unspecified atom stereocenters. The molecule has 1 N–H and O–H groups in total. The fourth-order valence-corrected chi connectivity index (χ4v) is 2.95. The van der Waals surface area contributed by atoms with Gasteiger partial charge in [0, 0.05) is 16.7 Å². The number of nitrogens with zero attached hydrogens (tertiary/aromatic N) is 1. The first kappa shape index (κ1) is 12.7. The predicted octanol–water partition coefficient (Wildman–Crippen LogP) is 3.31. The van der Waals surface area contributed by atoms with Crippen LogP contribution in [0, 0.1) is 12.8 Å². The van der Waals surface area contributed by atoms with Gasteiger partial charge in [0.15, 0.2) is 0 Å². The smallest absolute Gasteiger partial charge is 0.0956 e. The first-order valence-corrected chi connectivity index (χ1v) is 6.37. The number of hydrogen-bond donors (Lipinski definition) is 1. The maximum absolute atomic E-state index is 9.40. The molecule has 0 aromatic carbocycles. The Morgan fingerprint density at radius 1 is 1.27 bits per heavy atom. The van der Waals surface area contributed by atoms with Crippen molar-refractivity contribution in [1.29, 1.82) is 0 Å². The van der Waals surface area contributed by atoms with E-state index in [1.807, 2.05) is 6.92 Å². The molecule has 0 bridgehead atoms. The zero-order valence-corrected chi connectivity index (χ0v) is 11.1. The standard InChI is InChI=1S/C12H21NOS/c1-7(2)10(6-14)11-9(5)13-12(15-11)8(3)4/h7-8,10,14H,6H2,1-5H3. The van der Waals surface area contributed by atoms with Gasteiger partial charge in [0.1, 0.15) is 0 Å². The molecular formula is C12H21NOS. The molecule has 0 aliphatic rings. The molecule has 0 saturated heterocycles. The Morgan fingerprint density at radius 2 is 1.87 bits per heavy atom. The molecule has 86 valence electrons. The van der Waals surface area contributed by atoms with E-state index in [0.717, 1.165) is 5.69 Å². The van der Waals surface area contributed by atoms with Gasteiger partial charge in [-0.25, -0.2) is 4.98 Å². The lowest BCUT2D eigenvalue weighted by Crippen LogP contribution is -2.10. The predicted molar refractivity (Wildman–Crippen MR) is 65.6 cm³/mol. The molecule has 0 spiro atoms. The van der Waals surface area contributed by atoms with E-state index in [2.05, 4.69) is 32.7 Å². The lowest BCUT2D eigenvalue weighted by atomic mass is 9.94. The van der Waals surface area contributed by atoms with Gasteiger partial charge in [0.2, 0.25) is 0 Å². The highest BCUT2D eigenvalue weighted by Crippen LogP contribution is 2.34. The van der Waals surface area contributed by atoms with E-state index in [9.17, 15) is 5.11 Å². The average Bonchev–Trinajstić information content (AvgIpc) is 2.49. The van der Waals surface area contributed by atoms with E-state index in [-0.39, 0.29) is 12.5 Å². The quantitative estimate of drug-likeness (QED) is 0.856. The minimum Gasteiger partial charge on any atom is -0.396 e. The molecule has 1 rings (SSSR count). The SMILES string of the molecule is Cc1nc(C(C)C)sc1C(CO)C(C)C. The lowest BCUT2D eigenvalue weighted by molar-refractivity contribution is 0.239. The number of aliphatic hydroxyl groups is 1. The van der Waals surface area contributed by atoms with Crippen molar-refractivity contribution in [3.8, 4) is 0 Å². The molecule has 0 fully saturated rings. The van der Waals surface area contributed by atoms with Crippen molar-refractivity contribution in [2.45, 2.75) is 46.5 Å². The first-order chi connectivity index (χ1) is 6.97. The van der Waals surface area contributed by atoms with Crippen molar-refractivity contribution in [2.75, 3.05) is 6.61 Å². The molecule has 1 aromatic rings. The maximum atomic E-state index is 9.40. The zero-order valence-electron chi connectivity index (χ0n) is 10.2. The fourth-order valence-electron chi connectivity index (χ4n) is 1.62. The van der Waals surface area contributed by atoms with Gasteiger partial charge in [-0.3, -0.25) is 0 Å². The summed E-state index contributed by atoms with van der Waals surface area (Å²) in [7, 11) is 0. The molecule has 15 heavy (non-hydrogen) atoms. The van der Waals surface area contributed by atoms with Crippen LogP contribution in [0.5, 0.6) is 0 Å². The summed E-state index contributed by atoms with van der Waals surface area (Å²) in [6, 6.07) is 0. The molecule has 1 heterocycles. The number of rotatable bonds is 4. The minimum absolute atomic E-state index is 0.220. The van der Waals surface area contributed by atoms with Crippen LogP contribution in [0.3, 0.4) is 0 Å². The van der Waals surface area contributed by atoms with Crippen molar-refractivity contribution in [2.24, 2.45) is 5.92 Å². The van der Waals surface area contributed by atoms with Gasteiger partial charge in [-0.15, -0.1) is 11.3 Å². The summed E-state index contributed by atoms with van der Waals surface area (Å²) >= 11 is 1.76. The van der Waals surface area contributed by atoms with E-state index >= 15 is 0 Å². The van der Waals surface area contributed by atoms with Crippen molar-refractivity contribution < 1.29 is 5.11 Å². The number of aliphatic hydroxyl groups excluding tert-OH is 1. The van der Waals surface area contributed by atoms with E-state index < -0.39 is 0 Å². The third-order valence-corrected chi connectivity index (χ3v) is 4.27. The summed E-state index contributed by atoms with van der Waals surface area (Å²) in [5.41, 5.74) is 1.09. The minimum atomic E-state index is 0.220. The highest BCUT2D eigenvalue weighted by atomic mass is 32.1. The fraction of sp³-hybridized carbons (Fsp3) is 0.750. The van der Waals surface area contributed by atoms with Crippen LogP contribution in [0.15, 0.2) is 0 Å². The van der Waals surface area contributed by atoms with Crippen LogP contribution in [0.4, 0.5) is 0 Å². The Hall–Kier alpha value is -0.410. The van der Waals surface area contributed by atoms with Gasteiger partial charge in [0.05, 0.1) is 17.3 Å². The largest absolute Gasteiger partial charge is 0.396 e. The monoisotopic (exact) mass is 227 g/mol. The van der Waals surface area contributed by atoms with Crippen molar-refractivity contribution >= 4 is 11.3 Å². The average molecular weight is 227 g/mol. The summed E-state index contributed by atoms with van der Waals surface area (Å²) in [4.78, 5) is 5.83. The van der Waals surface area contributed by atoms with Crippen LogP contribution < -0.4 is 0 Å². The molecule has 0 amide bonds. The normalized spacial score (nSPS) is 13.9. The number of aromatic nitrogens is 1. The third kappa shape index (κ3) is 2.79. The number of aryl methyl sites for hydroxylation is 1. The first-order valence-electron chi connectivity index (χ1n) is 5.55. The van der Waals surface area contributed by atoms with Crippen molar-refractivity contribution in [3.05, 3.63) is 15.6 Å². The number of thiazole rings is 1. The van der Waals surface area contributed by atoms with Crippen LogP contribution in [0.1, 0.15) is 55.1 Å². The van der Waals surface area contributed by atoms with E-state index in [1.165, 1.54) is 9.88 Å². The molecule has 0 aliphatic heterocycles. The van der Waals surface area contributed by atoms with Crippen molar-refractivity contribution in [3.63, 3.8) is 0 Å². The van der Waals surface area contributed by atoms with Gasteiger partial charge in [-0.2, -0.15) is 0 Å². The Kier molecular flexibility index (Phi) is 4.29. The second-order valence-corrected chi connectivity index (χ2v) is 5.75. The van der Waals surface area contributed by atoms with Gasteiger partial charge in [-0.05, 0) is 12.8 Å². The van der Waals surface area contributed by atoms with Gasteiger partial charge in [0.25, 0.3) is 0 Å². The molecule has 1 atom stereocenters. The van der Waals surface area contributed by atoms with Crippen LogP contribution in [-0.4, -0.2) is 16.7 Å². The summed E-state index contributed by atoms with van der Waals surface area (Å²) in [5.74, 6) is 1.19. The molecule has 0 saturated carbocycles. The maximum Gasteiger partial charge on any atom is 0.0956 e. The second kappa shape index (κ2) is 5.08. The van der Waals surface area contributed by atoms with Crippen molar-refractivity contribution in [1.82, 2.24) is 4.98 Å². The Labute approximate surface area is 96.4 Å². The molecular weight excluding hydrogens is 206 g/mol. The summed E-state index contributed by atoms with van der Waals surface area (Å²) < 4.78 is 0.